The van der Waals surface area contributed by atoms with E-state index in [0.29, 0.717) is 11.5 Å². The third-order valence-corrected chi connectivity index (χ3v) is 1.62. The van der Waals surface area contributed by atoms with Crippen molar-refractivity contribution in [1.29, 1.82) is 0 Å². The van der Waals surface area contributed by atoms with E-state index < -0.39 is 23.7 Å². The zero-order valence-corrected chi connectivity index (χ0v) is 6.78. The molecule has 2 N–H and O–H groups in total. The zero-order valence-electron chi connectivity index (χ0n) is 5.96. The van der Waals surface area contributed by atoms with Crippen molar-refractivity contribution in [3.05, 3.63) is 11.1 Å². The summed E-state index contributed by atoms with van der Waals surface area (Å²) < 4.78 is 43.2. The van der Waals surface area contributed by atoms with Gasteiger partial charge in [0.15, 0.2) is 5.75 Å². The van der Waals surface area contributed by atoms with E-state index in [2.05, 4.69) is 14.8 Å². The number of nitrogens with two attached hydrogens (primary N) is 1. The fraction of sp³-hybridized carbons (Fsp3) is 0.200. The van der Waals surface area contributed by atoms with Crippen molar-refractivity contribution < 1.29 is 22.7 Å². The molecule has 4 nitrogen and oxygen atoms in total. The van der Waals surface area contributed by atoms with Crippen molar-refractivity contribution in [2.24, 2.45) is 5.73 Å². The number of hydrogen-bond acceptors (Lipinski definition) is 4. The monoisotopic (exact) mass is 212 g/mol. The quantitative estimate of drug-likeness (QED) is 0.769. The van der Waals surface area contributed by atoms with E-state index in [1.54, 1.807) is 0 Å². The molecule has 8 heteroatoms. The maximum absolute atomic E-state index is 12.0. The summed E-state index contributed by atoms with van der Waals surface area (Å²) in [4.78, 5) is 10.2. The Balaban J connectivity index is 2.96. The predicted octanol–water partition coefficient (Wildman–Crippen LogP) is 1.62. The van der Waals surface area contributed by atoms with Gasteiger partial charge in [0.25, 0.3) is 0 Å². The molecule has 0 saturated heterocycles. The van der Waals surface area contributed by atoms with Crippen molar-refractivity contribution in [2.75, 3.05) is 0 Å². The van der Waals surface area contributed by atoms with Crippen LogP contribution in [-0.4, -0.2) is 10.5 Å². The molecule has 0 radical (unpaired) electrons. The highest BCUT2D eigenvalue weighted by atomic mass is 32.1. The lowest BCUT2D eigenvalue weighted by Crippen LogP contribution is -2.18. The number of hydrogen-bond donors (Lipinski definition) is 1. The summed E-state index contributed by atoms with van der Waals surface area (Å²) in [7, 11) is 0. The molecule has 0 spiro atoms. The fourth-order valence-electron chi connectivity index (χ4n) is 0.600. The standard InChI is InChI=1S/C5H3F3N2O2S/c6-5(7,8)3-2(1-13-10-3)12-4(9)11/h1H,(H2,9,11). The normalized spacial score (nSPS) is 11.3. The third-order valence-electron chi connectivity index (χ3n) is 1.02. The van der Waals surface area contributed by atoms with Crippen molar-refractivity contribution in [3.8, 4) is 5.75 Å². The Morgan fingerprint density at radius 2 is 2.23 bits per heavy atom. The number of primary amides is 1. The van der Waals surface area contributed by atoms with E-state index in [0.717, 1.165) is 5.38 Å². The lowest BCUT2D eigenvalue weighted by atomic mass is 10.4. The number of alkyl halides is 3. The summed E-state index contributed by atoms with van der Waals surface area (Å²) in [6.07, 6.45) is -5.93. The molecule has 1 rings (SSSR count). The van der Waals surface area contributed by atoms with Gasteiger partial charge in [-0.25, -0.2) is 4.79 Å². The van der Waals surface area contributed by atoms with E-state index in [1.165, 1.54) is 0 Å². The van der Waals surface area contributed by atoms with Crippen LogP contribution in [0.5, 0.6) is 5.75 Å². The Morgan fingerprint density at radius 3 is 2.69 bits per heavy atom. The lowest BCUT2D eigenvalue weighted by molar-refractivity contribution is -0.141. The van der Waals surface area contributed by atoms with Crippen molar-refractivity contribution >= 4 is 17.6 Å². The van der Waals surface area contributed by atoms with E-state index in [1.807, 2.05) is 0 Å². The topological polar surface area (TPSA) is 65.2 Å². The van der Waals surface area contributed by atoms with Crippen LogP contribution in [0.15, 0.2) is 5.38 Å². The first-order chi connectivity index (χ1) is 5.91. The van der Waals surface area contributed by atoms with Gasteiger partial charge >= 0.3 is 12.3 Å². The number of nitrogens with zero attached hydrogens (tertiary/aromatic N) is 1. The minimum absolute atomic E-state index is 0.532. The van der Waals surface area contributed by atoms with Gasteiger partial charge < -0.3 is 10.5 Å². The molecule has 13 heavy (non-hydrogen) atoms. The minimum Gasteiger partial charge on any atom is -0.407 e. The van der Waals surface area contributed by atoms with Crippen LogP contribution in [0.2, 0.25) is 0 Å². The maximum atomic E-state index is 12.0. The third kappa shape index (κ3) is 2.31. The van der Waals surface area contributed by atoms with Crippen LogP contribution in [0, 0.1) is 0 Å². The summed E-state index contributed by atoms with van der Waals surface area (Å²) in [5.74, 6) is -0.662. The van der Waals surface area contributed by atoms with Gasteiger partial charge in [-0.15, -0.1) is 0 Å². The molecule has 0 unspecified atom stereocenters. The van der Waals surface area contributed by atoms with Crippen LogP contribution >= 0.6 is 11.5 Å². The molecule has 0 aliphatic rings. The largest absolute Gasteiger partial charge is 0.438 e. The Bertz CT molecular complexity index is 322. The van der Waals surface area contributed by atoms with Crippen LogP contribution in [0.25, 0.3) is 0 Å². The second-order valence-electron chi connectivity index (χ2n) is 1.95. The Kier molecular flexibility index (Phi) is 2.41. The number of rotatable bonds is 1. The van der Waals surface area contributed by atoms with Crippen molar-refractivity contribution in [3.63, 3.8) is 0 Å². The second kappa shape index (κ2) is 3.21. The first-order valence-electron chi connectivity index (χ1n) is 2.90. The SMILES string of the molecule is NC(=O)Oc1csnc1C(F)(F)F. The highest BCUT2D eigenvalue weighted by Crippen LogP contribution is 2.36. The van der Waals surface area contributed by atoms with E-state index in [-0.39, 0.29) is 0 Å². The molecular weight excluding hydrogens is 209 g/mol. The van der Waals surface area contributed by atoms with Gasteiger partial charge in [0.05, 0.1) is 5.38 Å². The highest BCUT2D eigenvalue weighted by molar-refractivity contribution is 7.03. The number of halogens is 3. The first kappa shape index (κ1) is 9.78. The minimum atomic E-state index is -4.63. The summed E-state index contributed by atoms with van der Waals surface area (Å²) in [5, 5.41) is 0.952. The molecule has 1 aromatic heterocycles. The Labute approximate surface area is 74.3 Å². The molecule has 0 aromatic carbocycles. The van der Waals surface area contributed by atoms with Gasteiger partial charge in [0, 0.05) is 0 Å². The smallest absolute Gasteiger partial charge is 0.407 e. The molecule has 0 fully saturated rings. The fourth-order valence-corrected chi connectivity index (χ4v) is 1.21. The van der Waals surface area contributed by atoms with Gasteiger partial charge in [-0.05, 0) is 11.5 Å². The van der Waals surface area contributed by atoms with Crippen LogP contribution in [0.1, 0.15) is 5.69 Å². The summed E-state index contributed by atoms with van der Waals surface area (Å²) in [6, 6.07) is 0. The van der Waals surface area contributed by atoms with Gasteiger partial charge in [0.2, 0.25) is 5.69 Å². The molecular formula is C5H3F3N2O2S. The van der Waals surface area contributed by atoms with E-state index >= 15 is 0 Å². The van der Waals surface area contributed by atoms with Crippen molar-refractivity contribution in [2.45, 2.75) is 6.18 Å². The molecule has 0 aliphatic heterocycles. The molecule has 1 aromatic rings. The summed E-state index contributed by atoms with van der Waals surface area (Å²) >= 11 is 0.532. The summed E-state index contributed by atoms with van der Waals surface area (Å²) in [5.41, 5.74) is 3.30. The number of amides is 1. The average molecular weight is 212 g/mol. The van der Waals surface area contributed by atoms with E-state index in [4.69, 9.17) is 0 Å². The van der Waals surface area contributed by atoms with Crippen LogP contribution in [0.3, 0.4) is 0 Å². The van der Waals surface area contributed by atoms with E-state index in [9.17, 15) is 18.0 Å². The Morgan fingerprint density at radius 1 is 1.62 bits per heavy atom. The van der Waals surface area contributed by atoms with Crippen LogP contribution in [-0.2, 0) is 6.18 Å². The predicted molar refractivity (Wildman–Crippen MR) is 37.3 cm³/mol. The van der Waals surface area contributed by atoms with Gasteiger partial charge in [-0.2, -0.15) is 17.5 Å². The highest BCUT2D eigenvalue weighted by Gasteiger charge is 2.37. The number of carbonyl (C=O) groups is 1. The molecule has 72 valence electrons. The zero-order chi connectivity index (χ0) is 10.1. The molecule has 1 amide bonds. The van der Waals surface area contributed by atoms with Gasteiger partial charge in [0.1, 0.15) is 0 Å². The van der Waals surface area contributed by atoms with Crippen molar-refractivity contribution in [1.82, 2.24) is 4.37 Å². The van der Waals surface area contributed by atoms with Gasteiger partial charge in [-0.3, -0.25) is 0 Å². The molecule has 0 aliphatic carbocycles. The van der Waals surface area contributed by atoms with Crippen LogP contribution in [0.4, 0.5) is 18.0 Å². The first-order valence-corrected chi connectivity index (χ1v) is 3.74. The second-order valence-corrected chi connectivity index (χ2v) is 2.58. The summed E-state index contributed by atoms with van der Waals surface area (Å²) in [6.45, 7) is 0. The number of carbonyl (C=O) groups excluding carboxylic acids is 1. The number of ether oxygens (including phenoxy) is 1. The molecule has 1 heterocycles. The molecule has 0 atom stereocenters. The molecule has 0 saturated carbocycles. The maximum Gasteiger partial charge on any atom is 0.438 e. The average Bonchev–Trinajstić information content (AvgIpc) is 2.31. The molecule has 0 bridgehead atoms. The lowest BCUT2D eigenvalue weighted by Gasteiger charge is -2.04. The Hall–Kier alpha value is -1.31. The number of aromatic nitrogens is 1. The van der Waals surface area contributed by atoms with Crippen LogP contribution < -0.4 is 10.5 Å². The van der Waals surface area contributed by atoms with Gasteiger partial charge in [-0.1, -0.05) is 0 Å².